The molecule has 4 nitrogen and oxygen atoms in total. The fraction of sp³-hybridized carbons (Fsp3) is 0.667. The van der Waals surface area contributed by atoms with Gasteiger partial charge in [-0.3, -0.25) is 0 Å². The number of nitrogens with zero attached hydrogens (tertiary/aromatic N) is 1. The summed E-state index contributed by atoms with van der Waals surface area (Å²) in [5.41, 5.74) is 12.4. The lowest BCUT2D eigenvalue weighted by Gasteiger charge is -2.37. The Labute approximate surface area is 98.4 Å². The van der Waals surface area contributed by atoms with Gasteiger partial charge in [0, 0.05) is 31.4 Å². The Morgan fingerprint density at radius 1 is 1.38 bits per heavy atom. The first-order valence-electron chi connectivity index (χ1n) is 5.88. The van der Waals surface area contributed by atoms with Gasteiger partial charge in [0.05, 0.1) is 5.82 Å². The Hall–Kier alpha value is -1.16. The average Bonchev–Trinajstić information content (AvgIpc) is 2.26. The normalized spacial score (nSPS) is 24.0. The standard InChI is InChI=1S/C12H24N4/c1-9(2)11-8-16(7-6-15-11)12(14)5-4-10(3)13/h4-5,9,11,15H,6-8,13-14H2,1-3H3/b10-4-,12-5+. The predicted octanol–water partition coefficient (Wildman–Crippen LogP) is 0.579. The minimum Gasteiger partial charge on any atom is -0.402 e. The highest BCUT2D eigenvalue weighted by atomic mass is 15.2. The van der Waals surface area contributed by atoms with E-state index in [9.17, 15) is 0 Å². The minimum atomic E-state index is 0.517. The van der Waals surface area contributed by atoms with Gasteiger partial charge in [0.2, 0.25) is 0 Å². The number of nitrogens with two attached hydrogens (primary N) is 2. The van der Waals surface area contributed by atoms with Crippen molar-refractivity contribution in [3.8, 4) is 0 Å². The van der Waals surface area contributed by atoms with Crippen molar-refractivity contribution >= 4 is 0 Å². The van der Waals surface area contributed by atoms with Crippen LogP contribution in [0.25, 0.3) is 0 Å². The molecule has 0 spiro atoms. The van der Waals surface area contributed by atoms with Crippen LogP contribution in [0.3, 0.4) is 0 Å². The molecule has 0 aromatic rings. The molecule has 92 valence electrons. The molecule has 1 heterocycles. The molecular formula is C12H24N4. The maximum absolute atomic E-state index is 6.02. The van der Waals surface area contributed by atoms with Gasteiger partial charge in [-0.1, -0.05) is 13.8 Å². The summed E-state index contributed by atoms with van der Waals surface area (Å²) in [6.07, 6.45) is 3.74. The molecule has 0 aromatic heterocycles. The van der Waals surface area contributed by atoms with Crippen LogP contribution in [0.15, 0.2) is 23.7 Å². The quantitative estimate of drug-likeness (QED) is 0.613. The number of allylic oxidation sites excluding steroid dienone is 3. The van der Waals surface area contributed by atoms with Gasteiger partial charge < -0.3 is 21.7 Å². The number of nitrogens with one attached hydrogen (secondary N) is 1. The van der Waals surface area contributed by atoms with Crippen LogP contribution in [-0.2, 0) is 0 Å². The summed E-state index contributed by atoms with van der Waals surface area (Å²) in [7, 11) is 0. The van der Waals surface area contributed by atoms with Crippen LogP contribution < -0.4 is 16.8 Å². The summed E-state index contributed by atoms with van der Waals surface area (Å²) in [6, 6.07) is 0.517. The van der Waals surface area contributed by atoms with Crippen LogP contribution >= 0.6 is 0 Å². The van der Waals surface area contributed by atoms with Crippen LogP contribution in [0.1, 0.15) is 20.8 Å². The topological polar surface area (TPSA) is 67.3 Å². The van der Waals surface area contributed by atoms with E-state index in [2.05, 4.69) is 24.1 Å². The van der Waals surface area contributed by atoms with E-state index in [-0.39, 0.29) is 0 Å². The number of rotatable bonds is 3. The van der Waals surface area contributed by atoms with Crippen molar-refractivity contribution in [3.05, 3.63) is 23.7 Å². The number of piperazine rings is 1. The molecule has 1 rings (SSSR count). The Morgan fingerprint density at radius 2 is 2.06 bits per heavy atom. The van der Waals surface area contributed by atoms with Crippen molar-refractivity contribution in [2.45, 2.75) is 26.8 Å². The molecule has 1 unspecified atom stereocenters. The molecule has 4 heteroatoms. The van der Waals surface area contributed by atoms with Gasteiger partial charge in [0.25, 0.3) is 0 Å². The van der Waals surface area contributed by atoms with Crippen molar-refractivity contribution in [1.29, 1.82) is 0 Å². The third-order valence-electron chi connectivity index (χ3n) is 2.89. The van der Waals surface area contributed by atoms with Crippen LogP contribution in [-0.4, -0.2) is 30.6 Å². The monoisotopic (exact) mass is 224 g/mol. The first-order valence-corrected chi connectivity index (χ1v) is 5.88. The van der Waals surface area contributed by atoms with E-state index in [1.165, 1.54) is 0 Å². The molecule has 1 aliphatic heterocycles. The molecule has 0 bridgehead atoms. The molecule has 0 aromatic carbocycles. The van der Waals surface area contributed by atoms with E-state index in [0.717, 1.165) is 31.2 Å². The van der Waals surface area contributed by atoms with E-state index in [4.69, 9.17) is 11.5 Å². The van der Waals surface area contributed by atoms with E-state index < -0.39 is 0 Å². The van der Waals surface area contributed by atoms with Gasteiger partial charge in [0.15, 0.2) is 0 Å². The van der Waals surface area contributed by atoms with Crippen LogP contribution in [0.5, 0.6) is 0 Å². The van der Waals surface area contributed by atoms with Gasteiger partial charge in [-0.15, -0.1) is 0 Å². The van der Waals surface area contributed by atoms with E-state index in [1.54, 1.807) is 0 Å². The molecule has 0 saturated carbocycles. The zero-order valence-corrected chi connectivity index (χ0v) is 10.5. The lowest BCUT2D eigenvalue weighted by molar-refractivity contribution is 0.212. The third kappa shape index (κ3) is 3.77. The lowest BCUT2D eigenvalue weighted by Crippen LogP contribution is -2.53. The second-order valence-corrected chi connectivity index (χ2v) is 4.75. The van der Waals surface area contributed by atoms with Gasteiger partial charge >= 0.3 is 0 Å². The fourth-order valence-corrected chi connectivity index (χ4v) is 1.78. The van der Waals surface area contributed by atoms with Crippen LogP contribution in [0.2, 0.25) is 0 Å². The Bertz CT molecular complexity index is 277. The fourth-order valence-electron chi connectivity index (χ4n) is 1.78. The summed E-state index contributed by atoms with van der Waals surface area (Å²) in [4.78, 5) is 2.21. The summed E-state index contributed by atoms with van der Waals surface area (Å²) in [5, 5.41) is 3.50. The highest BCUT2D eigenvalue weighted by Crippen LogP contribution is 2.10. The van der Waals surface area contributed by atoms with Gasteiger partial charge in [0.1, 0.15) is 0 Å². The zero-order chi connectivity index (χ0) is 12.1. The molecule has 0 radical (unpaired) electrons. The first kappa shape index (κ1) is 12.9. The molecule has 1 atom stereocenters. The second-order valence-electron chi connectivity index (χ2n) is 4.75. The Balaban J connectivity index is 2.60. The number of hydrogen-bond donors (Lipinski definition) is 3. The Morgan fingerprint density at radius 3 is 2.62 bits per heavy atom. The first-order chi connectivity index (χ1) is 7.50. The molecule has 5 N–H and O–H groups in total. The molecule has 1 fully saturated rings. The number of hydrogen-bond acceptors (Lipinski definition) is 4. The third-order valence-corrected chi connectivity index (χ3v) is 2.89. The Kier molecular flexibility index (Phi) is 4.68. The van der Waals surface area contributed by atoms with Crippen molar-refractivity contribution in [2.24, 2.45) is 17.4 Å². The molecule has 16 heavy (non-hydrogen) atoms. The van der Waals surface area contributed by atoms with Crippen molar-refractivity contribution in [2.75, 3.05) is 19.6 Å². The molecule has 1 saturated heterocycles. The van der Waals surface area contributed by atoms with E-state index in [1.807, 2.05) is 19.1 Å². The highest BCUT2D eigenvalue weighted by Gasteiger charge is 2.21. The predicted molar refractivity (Wildman–Crippen MR) is 68.4 cm³/mol. The van der Waals surface area contributed by atoms with Crippen molar-refractivity contribution in [1.82, 2.24) is 10.2 Å². The maximum atomic E-state index is 6.02. The van der Waals surface area contributed by atoms with Gasteiger partial charge in [-0.25, -0.2) is 0 Å². The summed E-state index contributed by atoms with van der Waals surface area (Å²) < 4.78 is 0. The largest absolute Gasteiger partial charge is 0.402 e. The van der Waals surface area contributed by atoms with Gasteiger partial charge in [-0.05, 0) is 25.0 Å². The molecule has 0 aliphatic carbocycles. The summed E-state index contributed by atoms with van der Waals surface area (Å²) in [5.74, 6) is 1.43. The van der Waals surface area contributed by atoms with Crippen molar-refractivity contribution in [3.63, 3.8) is 0 Å². The highest BCUT2D eigenvalue weighted by molar-refractivity contribution is 5.13. The second kappa shape index (κ2) is 5.80. The summed E-state index contributed by atoms with van der Waals surface area (Å²) in [6.45, 7) is 9.23. The SMILES string of the molecule is C/C(N)=C/C=C(\N)N1CCNC(C(C)C)C1. The smallest absolute Gasteiger partial charge is 0.0987 e. The molecular weight excluding hydrogens is 200 g/mol. The average molecular weight is 224 g/mol. The van der Waals surface area contributed by atoms with Gasteiger partial charge in [-0.2, -0.15) is 0 Å². The molecule has 0 amide bonds. The van der Waals surface area contributed by atoms with Crippen molar-refractivity contribution < 1.29 is 0 Å². The van der Waals surface area contributed by atoms with Crippen LogP contribution in [0.4, 0.5) is 0 Å². The zero-order valence-electron chi connectivity index (χ0n) is 10.5. The van der Waals surface area contributed by atoms with E-state index >= 15 is 0 Å². The lowest BCUT2D eigenvalue weighted by atomic mass is 10.0. The van der Waals surface area contributed by atoms with Crippen LogP contribution in [0, 0.1) is 5.92 Å². The van der Waals surface area contributed by atoms with E-state index in [0.29, 0.717) is 12.0 Å². The minimum absolute atomic E-state index is 0.517. The maximum Gasteiger partial charge on any atom is 0.0987 e. The summed E-state index contributed by atoms with van der Waals surface area (Å²) >= 11 is 0. The molecule has 1 aliphatic rings.